The zero-order chi connectivity index (χ0) is 14.4. The van der Waals surface area contributed by atoms with Gasteiger partial charge in [0.1, 0.15) is 0 Å². The standard InChI is InChI=1S/C14H22ClN3O/c1-10(2)8-18(9-14(17)19)13(7-16)11-5-3-4-6-12(11)15/h3-6,10,13H,7-9,16H2,1-2H3,(H2,17,19). The topological polar surface area (TPSA) is 72.3 Å². The van der Waals surface area contributed by atoms with Gasteiger partial charge in [-0.25, -0.2) is 0 Å². The zero-order valence-electron chi connectivity index (χ0n) is 11.5. The molecular formula is C14H22ClN3O. The van der Waals surface area contributed by atoms with Crippen LogP contribution < -0.4 is 11.5 Å². The third kappa shape index (κ3) is 4.82. The van der Waals surface area contributed by atoms with Crippen LogP contribution in [0.2, 0.25) is 5.02 Å². The first-order valence-electron chi connectivity index (χ1n) is 6.42. The monoisotopic (exact) mass is 283 g/mol. The number of amides is 1. The fraction of sp³-hybridized carbons (Fsp3) is 0.500. The van der Waals surface area contributed by atoms with Gasteiger partial charge < -0.3 is 11.5 Å². The van der Waals surface area contributed by atoms with Crippen LogP contribution in [-0.2, 0) is 4.79 Å². The van der Waals surface area contributed by atoms with Crippen LogP contribution in [-0.4, -0.2) is 30.4 Å². The quantitative estimate of drug-likeness (QED) is 0.801. The Labute approximate surface area is 119 Å². The number of carbonyl (C=O) groups is 1. The highest BCUT2D eigenvalue weighted by Gasteiger charge is 2.23. The second kappa shape index (κ2) is 7.48. The maximum atomic E-state index is 11.2. The molecule has 4 N–H and O–H groups in total. The van der Waals surface area contributed by atoms with Crippen molar-refractivity contribution >= 4 is 17.5 Å². The fourth-order valence-corrected chi connectivity index (χ4v) is 2.45. The van der Waals surface area contributed by atoms with Gasteiger partial charge in [-0.05, 0) is 17.5 Å². The molecule has 0 aliphatic heterocycles. The van der Waals surface area contributed by atoms with Crippen molar-refractivity contribution in [2.75, 3.05) is 19.6 Å². The minimum absolute atomic E-state index is 0.0939. The number of nitrogens with two attached hydrogens (primary N) is 2. The average molecular weight is 284 g/mol. The fourth-order valence-electron chi connectivity index (χ4n) is 2.19. The molecule has 1 aromatic rings. The summed E-state index contributed by atoms with van der Waals surface area (Å²) < 4.78 is 0. The van der Waals surface area contributed by atoms with Gasteiger partial charge in [0.05, 0.1) is 6.54 Å². The van der Waals surface area contributed by atoms with Crippen molar-refractivity contribution in [2.45, 2.75) is 19.9 Å². The normalized spacial score (nSPS) is 12.9. The molecule has 0 aliphatic rings. The van der Waals surface area contributed by atoms with Gasteiger partial charge in [-0.2, -0.15) is 0 Å². The SMILES string of the molecule is CC(C)CN(CC(N)=O)C(CN)c1ccccc1Cl. The molecule has 5 heteroatoms. The summed E-state index contributed by atoms with van der Waals surface area (Å²) >= 11 is 6.22. The highest BCUT2D eigenvalue weighted by molar-refractivity contribution is 6.31. The van der Waals surface area contributed by atoms with E-state index in [1.54, 1.807) is 0 Å². The molecule has 1 unspecified atom stereocenters. The van der Waals surface area contributed by atoms with Gasteiger partial charge in [-0.3, -0.25) is 9.69 Å². The summed E-state index contributed by atoms with van der Waals surface area (Å²) in [4.78, 5) is 13.2. The molecule has 0 spiro atoms. The summed E-state index contributed by atoms with van der Waals surface area (Å²) in [6.07, 6.45) is 0. The Morgan fingerprint density at radius 3 is 2.47 bits per heavy atom. The van der Waals surface area contributed by atoms with Crippen LogP contribution in [0.3, 0.4) is 0 Å². The van der Waals surface area contributed by atoms with Crippen LogP contribution >= 0.6 is 11.6 Å². The molecule has 0 aromatic heterocycles. The Bertz CT molecular complexity index is 423. The Kier molecular flexibility index (Phi) is 6.28. The van der Waals surface area contributed by atoms with E-state index in [-0.39, 0.29) is 18.5 Å². The van der Waals surface area contributed by atoms with Gasteiger partial charge in [0.25, 0.3) is 0 Å². The molecule has 19 heavy (non-hydrogen) atoms. The van der Waals surface area contributed by atoms with E-state index in [0.717, 1.165) is 12.1 Å². The lowest BCUT2D eigenvalue weighted by Gasteiger charge is -2.32. The Balaban J connectivity index is 3.01. The molecule has 0 saturated carbocycles. The van der Waals surface area contributed by atoms with Crippen molar-refractivity contribution in [3.05, 3.63) is 34.9 Å². The second-order valence-corrected chi connectivity index (χ2v) is 5.47. The second-order valence-electron chi connectivity index (χ2n) is 5.06. The molecule has 0 radical (unpaired) electrons. The third-order valence-corrected chi connectivity index (χ3v) is 3.23. The van der Waals surface area contributed by atoms with Crippen molar-refractivity contribution in [1.82, 2.24) is 4.90 Å². The summed E-state index contributed by atoms with van der Waals surface area (Å²) in [6, 6.07) is 7.47. The molecular weight excluding hydrogens is 262 g/mol. The van der Waals surface area contributed by atoms with Gasteiger partial charge in [0.2, 0.25) is 5.91 Å². The molecule has 0 saturated heterocycles. The van der Waals surface area contributed by atoms with E-state index in [2.05, 4.69) is 13.8 Å². The Morgan fingerprint density at radius 1 is 1.37 bits per heavy atom. The van der Waals surface area contributed by atoms with E-state index in [0.29, 0.717) is 17.5 Å². The number of carbonyl (C=O) groups excluding carboxylic acids is 1. The van der Waals surface area contributed by atoms with Crippen molar-refractivity contribution in [1.29, 1.82) is 0 Å². The van der Waals surface area contributed by atoms with E-state index >= 15 is 0 Å². The van der Waals surface area contributed by atoms with Crippen LogP contribution in [0, 0.1) is 5.92 Å². The maximum absolute atomic E-state index is 11.2. The van der Waals surface area contributed by atoms with Crippen molar-refractivity contribution in [3.8, 4) is 0 Å². The third-order valence-electron chi connectivity index (χ3n) is 2.89. The number of benzene rings is 1. The lowest BCUT2D eigenvalue weighted by Crippen LogP contribution is -2.41. The van der Waals surface area contributed by atoms with E-state index in [1.807, 2.05) is 29.2 Å². The molecule has 0 aliphatic carbocycles. The molecule has 0 fully saturated rings. The highest BCUT2D eigenvalue weighted by atomic mass is 35.5. The summed E-state index contributed by atoms with van der Waals surface area (Å²) in [7, 11) is 0. The molecule has 4 nitrogen and oxygen atoms in total. The number of hydrogen-bond acceptors (Lipinski definition) is 3. The lowest BCUT2D eigenvalue weighted by molar-refractivity contribution is -0.119. The number of hydrogen-bond donors (Lipinski definition) is 2. The first-order valence-corrected chi connectivity index (χ1v) is 6.80. The van der Waals surface area contributed by atoms with Gasteiger partial charge in [-0.15, -0.1) is 0 Å². The first-order chi connectivity index (χ1) is 8.95. The maximum Gasteiger partial charge on any atom is 0.231 e. The zero-order valence-corrected chi connectivity index (χ0v) is 12.2. The largest absolute Gasteiger partial charge is 0.369 e. The van der Waals surface area contributed by atoms with Gasteiger partial charge in [0, 0.05) is 24.2 Å². The minimum atomic E-state index is -0.355. The van der Waals surface area contributed by atoms with E-state index < -0.39 is 0 Å². The molecule has 1 amide bonds. The predicted molar refractivity (Wildman–Crippen MR) is 78.9 cm³/mol. The molecule has 1 rings (SSSR count). The van der Waals surface area contributed by atoms with Crippen molar-refractivity contribution in [3.63, 3.8) is 0 Å². The summed E-state index contributed by atoms with van der Waals surface area (Å²) in [5.41, 5.74) is 12.1. The minimum Gasteiger partial charge on any atom is -0.369 e. The molecule has 106 valence electrons. The average Bonchev–Trinajstić information content (AvgIpc) is 2.30. The number of nitrogens with zero attached hydrogens (tertiary/aromatic N) is 1. The van der Waals surface area contributed by atoms with Crippen LogP contribution in [0.15, 0.2) is 24.3 Å². The number of halogens is 1. The van der Waals surface area contributed by atoms with E-state index in [4.69, 9.17) is 23.1 Å². The smallest absolute Gasteiger partial charge is 0.231 e. The van der Waals surface area contributed by atoms with Crippen molar-refractivity contribution < 1.29 is 4.79 Å². The summed E-state index contributed by atoms with van der Waals surface area (Å²) in [5, 5.41) is 0.663. The van der Waals surface area contributed by atoms with Gasteiger partial charge in [0.15, 0.2) is 0 Å². The number of primary amides is 1. The van der Waals surface area contributed by atoms with Crippen LogP contribution in [0.5, 0.6) is 0 Å². The highest BCUT2D eigenvalue weighted by Crippen LogP contribution is 2.27. The lowest BCUT2D eigenvalue weighted by atomic mass is 10.0. The van der Waals surface area contributed by atoms with Gasteiger partial charge >= 0.3 is 0 Å². The van der Waals surface area contributed by atoms with Crippen molar-refractivity contribution in [2.24, 2.45) is 17.4 Å². The first kappa shape index (κ1) is 16.0. The predicted octanol–water partition coefficient (Wildman–Crippen LogP) is 1.78. The van der Waals surface area contributed by atoms with E-state index in [1.165, 1.54) is 0 Å². The van der Waals surface area contributed by atoms with Crippen LogP contribution in [0.1, 0.15) is 25.5 Å². The van der Waals surface area contributed by atoms with Gasteiger partial charge in [-0.1, -0.05) is 43.6 Å². The molecule has 1 aromatic carbocycles. The Morgan fingerprint density at radius 2 is 2.00 bits per heavy atom. The summed E-state index contributed by atoms with van der Waals surface area (Å²) in [6.45, 7) is 5.51. The van der Waals surface area contributed by atoms with E-state index in [9.17, 15) is 4.79 Å². The van der Waals surface area contributed by atoms with Crippen LogP contribution in [0.4, 0.5) is 0 Å². The van der Waals surface area contributed by atoms with Crippen LogP contribution in [0.25, 0.3) is 0 Å². The molecule has 1 atom stereocenters. The number of rotatable bonds is 7. The Hall–Kier alpha value is -1.10. The molecule has 0 bridgehead atoms. The summed E-state index contributed by atoms with van der Waals surface area (Å²) in [5.74, 6) is 0.0574. The molecule has 0 heterocycles.